The van der Waals surface area contributed by atoms with Crippen LogP contribution in [0.15, 0.2) is 41.8 Å². The van der Waals surface area contributed by atoms with Crippen molar-refractivity contribution in [3.63, 3.8) is 0 Å². The van der Waals surface area contributed by atoms with Gasteiger partial charge in [0.05, 0.1) is 16.5 Å². The Hall–Kier alpha value is -1.50. The Morgan fingerprint density at radius 2 is 2.05 bits per heavy atom. The number of hydrogen-bond acceptors (Lipinski definition) is 5. The fourth-order valence-electron chi connectivity index (χ4n) is 1.57. The van der Waals surface area contributed by atoms with E-state index in [1.807, 2.05) is 17.5 Å². The SMILES string of the molecule is O=C(COC(=O)CSCc1cccs1)Nc1ccccc1Cl. The number of carbonyl (C=O) groups excluding carboxylic acids is 2. The Balaban J connectivity index is 1.65. The molecule has 0 radical (unpaired) electrons. The number of rotatable bonds is 7. The van der Waals surface area contributed by atoms with Crippen molar-refractivity contribution in [3.05, 3.63) is 51.7 Å². The molecule has 1 N–H and O–H groups in total. The van der Waals surface area contributed by atoms with E-state index >= 15 is 0 Å². The van der Waals surface area contributed by atoms with Gasteiger partial charge in [-0.2, -0.15) is 0 Å². The van der Waals surface area contributed by atoms with Crippen molar-refractivity contribution in [3.8, 4) is 0 Å². The van der Waals surface area contributed by atoms with E-state index in [1.165, 1.54) is 16.6 Å². The first-order valence-electron chi connectivity index (χ1n) is 6.45. The Morgan fingerprint density at radius 1 is 1.23 bits per heavy atom. The van der Waals surface area contributed by atoms with Crippen LogP contribution in [0.1, 0.15) is 4.88 Å². The summed E-state index contributed by atoms with van der Waals surface area (Å²) in [5.41, 5.74) is 0.497. The molecule has 0 saturated carbocycles. The van der Waals surface area contributed by atoms with Crippen molar-refractivity contribution >= 4 is 52.3 Å². The summed E-state index contributed by atoms with van der Waals surface area (Å²) in [4.78, 5) is 24.4. The highest BCUT2D eigenvalue weighted by Gasteiger charge is 2.09. The topological polar surface area (TPSA) is 55.4 Å². The maximum atomic E-state index is 11.7. The van der Waals surface area contributed by atoms with Gasteiger partial charge in [0, 0.05) is 10.6 Å². The van der Waals surface area contributed by atoms with Gasteiger partial charge in [0.1, 0.15) is 0 Å². The lowest BCUT2D eigenvalue weighted by molar-refractivity contribution is -0.144. The highest BCUT2D eigenvalue weighted by atomic mass is 35.5. The number of esters is 1. The lowest BCUT2D eigenvalue weighted by Crippen LogP contribution is -2.21. The largest absolute Gasteiger partial charge is 0.455 e. The number of nitrogens with one attached hydrogen (secondary N) is 1. The highest BCUT2D eigenvalue weighted by Crippen LogP contribution is 2.20. The van der Waals surface area contributed by atoms with Gasteiger partial charge in [-0.15, -0.1) is 23.1 Å². The Kier molecular flexibility index (Phi) is 6.76. The van der Waals surface area contributed by atoms with Crippen molar-refractivity contribution < 1.29 is 14.3 Å². The van der Waals surface area contributed by atoms with E-state index < -0.39 is 11.9 Å². The van der Waals surface area contributed by atoms with Gasteiger partial charge in [-0.05, 0) is 23.6 Å². The lowest BCUT2D eigenvalue weighted by atomic mass is 10.3. The van der Waals surface area contributed by atoms with Crippen LogP contribution in [0.4, 0.5) is 5.69 Å². The van der Waals surface area contributed by atoms with Gasteiger partial charge in [-0.25, -0.2) is 0 Å². The predicted octanol–water partition coefficient (Wildman–Crippen LogP) is 3.82. The molecule has 0 aliphatic rings. The van der Waals surface area contributed by atoms with E-state index in [2.05, 4.69) is 5.32 Å². The molecule has 0 atom stereocenters. The summed E-state index contributed by atoms with van der Waals surface area (Å²) >= 11 is 9.03. The normalized spacial score (nSPS) is 10.2. The number of anilines is 1. The summed E-state index contributed by atoms with van der Waals surface area (Å²) in [6, 6.07) is 10.9. The molecule has 1 aromatic heterocycles. The van der Waals surface area contributed by atoms with Crippen LogP contribution >= 0.6 is 34.7 Å². The molecular weight excluding hydrogens is 342 g/mol. The van der Waals surface area contributed by atoms with E-state index in [-0.39, 0.29) is 12.4 Å². The first kappa shape index (κ1) is 16.9. The number of ether oxygens (including phenoxy) is 1. The molecule has 0 bridgehead atoms. The first-order valence-corrected chi connectivity index (χ1v) is 8.86. The molecular formula is C15H14ClNO3S2. The van der Waals surface area contributed by atoms with Gasteiger partial charge in [0.25, 0.3) is 5.91 Å². The molecule has 0 aliphatic heterocycles. The van der Waals surface area contributed by atoms with E-state index in [9.17, 15) is 9.59 Å². The molecule has 4 nitrogen and oxygen atoms in total. The fourth-order valence-corrected chi connectivity index (χ4v) is 3.41. The number of amides is 1. The molecule has 7 heteroatoms. The Bertz CT molecular complexity index is 631. The second-order valence-electron chi connectivity index (χ2n) is 4.26. The van der Waals surface area contributed by atoms with Crippen molar-refractivity contribution in [2.45, 2.75) is 5.75 Å². The zero-order valence-corrected chi connectivity index (χ0v) is 14.0. The summed E-state index contributed by atoms with van der Waals surface area (Å²) in [5, 5.41) is 5.02. The molecule has 22 heavy (non-hydrogen) atoms. The number of thiophene rings is 1. The highest BCUT2D eigenvalue weighted by molar-refractivity contribution is 7.99. The third-order valence-electron chi connectivity index (χ3n) is 2.56. The first-order chi connectivity index (χ1) is 10.6. The Morgan fingerprint density at radius 3 is 2.77 bits per heavy atom. The zero-order chi connectivity index (χ0) is 15.8. The maximum Gasteiger partial charge on any atom is 0.316 e. The Labute approximate surface area is 141 Å². The molecule has 2 rings (SSSR count). The average Bonchev–Trinajstić information content (AvgIpc) is 3.01. The smallest absolute Gasteiger partial charge is 0.316 e. The molecule has 0 aliphatic carbocycles. The summed E-state index contributed by atoms with van der Waals surface area (Å²) in [5.74, 6) is 0.163. The van der Waals surface area contributed by atoms with Gasteiger partial charge in [0.2, 0.25) is 0 Å². The van der Waals surface area contributed by atoms with E-state index in [1.54, 1.807) is 35.6 Å². The van der Waals surface area contributed by atoms with Crippen LogP contribution in [0, 0.1) is 0 Å². The van der Waals surface area contributed by atoms with E-state index in [4.69, 9.17) is 16.3 Å². The number of para-hydroxylation sites is 1. The van der Waals surface area contributed by atoms with Gasteiger partial charge in [-0.3, -0.25) is 9.59 Å². The molecule has 2 aromatic rings. The summed E-state index contributed by atoms with van der Waals surface area (Å²) in [6.07, 6.45) is 0. The van der Waals surface area contributed by atoms with Gasteiger partial charge in [0.15, 0.2) is 6.61 Å². The monoisotopic (exact) mass is 355 g/mol. The van der Waals surface area contributed by atoms with Crippen LogP contribution in [0.25, 0.3) is 0 Å². The van der Waals surface area contributed by atoms with Gasteiger partial charge < -0.3 is 10.1 Å². The quantitative estimate of drug-likeness (QED) is 0.767. The van der Waals surface area contributed by atoms with Crippen LogP contribution in [0.5, 0.6) is 0 Å². The molecule has 0 spiro atoms. The van der Waals surface area contributed by atoms with Crippen molar-refractivity contribution in [1.29, 1.82) is 0 Å². The van der Waals surface area contributed by atoms with E-state index in [0.29, 0.717) is 10.7 Å². The predicted molar refractivity (Wildman–Crippen MR) is 91.5 cm³/mol. The third kappa shape index (κ3) is 5.71. The molecule has 0 fully saturated rings. The van der Waals surface area contributed by atoms with Crippen LogP contribution in [0.3, 0.4) is 0 Å². The lowest BCUT2D eigenvalue weighted by Gasteiger charge is -2.07. The summed E-state index contributed by atoms with van der Waals surface area (Å²) < 4.78 is 4.92. The third-order valence-corrected chi connectivity index (χ3v) is 4.90. The minimum atomic E-state index is -0.412. The van der Waals surface area contributed by atoms with Crippen LogP contribution < -0.4 is 5.32 Å². The summed E-state index contributed by atoms with van der Waals surface area (Å²) in [6.45, 7) is -0.316. The molecule has 1 amide bonds. The molecule has 1 heterocycles. The van der Waals surface area contributed by atoms with E-state index in [0.717, 1.165) is 5.75 Å². The van der Waals surface area contributed by atoms with Gasteiger partial charge >= 0.3 is 5.97 Å². The average molecular weight is 356 g/mol. The molecule has 0 unspecified atom stereocenters. The van der Waals surface area contributed by atoms with Crippen molar-refractivity contribution in [2.75, 3.05) is 17.7 Å². The zero-order valence-electron chi connectivity index (χ0n) is 11.6. The standard InChI is InChI=1S/C15H14ClNO3S2/c16-12-5-1-2-6-13(12)17-14(18)8-20-15(19)10-21-9-11-4-3-7-22-11/h1-7H,8-10H2,(H,17,18). The van der Waals surface area contributed by atoms with Gasteiger partial charge in [-0.1, -0.05) is 29.8 Å². The second-order valence-corrected chi connectivity index (χ2v) is 6.69. The van der Waals surface area contributed by atoms with Crippen LogP contribution in [-0.2, 0) is 20.1 Å². The summed E-state index contributed by atoms with van der Waals surface area (Å²) in [7, 11) is 0. The maximum absolute atomic E-state index is 11.7. The number of halogens is 1. The minimum Gasteiger partial charge on any atom is -0.455 e. The van der Waals surface area contributed by atoms with Crippen molar-refractivity contribution in [2.24, 2.45) is 0 Å². The molecule has 1 aromatic carbocycles. The minimum absolute atomic E-state index is 0.220. The van der Waals surface area contributed by atoms with Crippen LogP contribution in [0.2, 0.25) is 5.02 Å². The second kappa shape index (κ2) is 8.82. The van der Waals surface area contributed by atoms with Crippen molar-refractivity contribution in [1.82, 2.24) is 0 Å². The number of benzene rings is 1. The molecule has 116 valence electrons. The number of hydrogen-bond donors (Lipinski definition) is 1. The number of carbonyl (C=O) groups is 2. The molecule has 0 saturated heterocycles. The number of thioether (sulfide) groups is 1. The fraction of sp³-hybridized carbons (Fsp3) is 0.200. The van der Waals surface area contributed by atoms with Crippen LogP contribution in [-0.4, -0.2) is 24.2 Å².